The van der Waals surface area contributed by atoms with E-state index in [2.05, 4.69) is 11.9 Å². The van der Waals surface area contributed by atoms with Gasteiger partial charge in [0.1, 0.15) is 17.7 Å². The Morgan fingerprint density at radius 1 is 1.23 bits per heavy atom. The van der Waals surface area contributed by atoms with Gasteiger partial charge < -0.3 is 14.4 Å². The van der Waals surface area contributed by atoms with Crippen LogP contribution in [0.2, 0.25) is 0 Å². The molecular weight excluding hydrogens is 285 g/mol. The number of nitrogens with zero attached hydrogens (tertiary/aromatic N) is 1. The molecule has 0 aliphatic carbocycles. The van der Waals surface area contributed by atoms with E-state index in [0.717, 1.165) is 12.8 Å². The number of fused-ring (bicyclic) bond motifs is 2. The van der Waals surface area contributed by atoms with E-state index < -0.39 is 6.10 Å². The zero-order chi connectivity index (χ0) is 15.7. The van der Waals surface area contributed by atoms with E-state index in [0.29, 0.717) is 17.8 Å². The molecule has 0 amide bonds. The molecule has 2 bridgehead atoms. The quantitative estimate of drug-likeness (QED) is 0.802. The Morgan fingerprint density at radius 2 is 1.82 bits per heavy atom. The predicted molar refractivity (Wildman–Crippen MR) is 80.2 cm³/mol. The lowest BCUT2D eigenvalue weighted by Crippen LogP contribution is -2.44. The molecule has 2 fully saturated rings. The second-order valence-corrected chi connectivity index (χ2v) is 6.29. The van der Waals surface area contributed by atoms with E-state index >= 15 is 0 Å². The van der Waals surface area contributed by atoms with E-state index in [1.807, 2.05) is 0 Å². The number of rotatable bonds is 4. The first-order valence-electron chi connectivity index (χ1n) is 7.87. The third kappa shape index (κ3) is 3.24. The zero-order valence-corrected chi connectivity index (χ0v) is 13.0. The van der Waals surface area contributed by atoms with Gasteiger partial charge in [-0.1, -0.05) is 0 Å². The molecule has 3 rings (SSSR count). The fourth-order valence-corrected chi connectivity index (χ4v) is 3.48. The molecule has 4 atom stereocenters. The average molecular weight is 307 g/mol. The van der Waals surface area contributed by atoms with Crippen molar-refractivity contribution in [2.45, 2.75) is 56.9 Å². The summed E-state index contributed by atoms with van der Waals surface area (Å²) in [5.41, 5.74) is 0. The summed E-state index contributed by atoms with van der Waals surface area (Å²) in [7, 11) is 2.15. The summed E-state index contributed by atoms with van der Waals surface area (Å²) < 4.78 is 24.0. The molecule has 4 nitrogen and oxygen atoms in total. The molecule has 2 heterocycles. The minimum Gasteiger partial charge on any atom is -0.479 e. The van der Waals surface area contributed by atoms with Crippen molar-refractivity contribution in [2.24, 2.45) is 0 Å². The van der Waals surface area contributed by atoms with E-state index in [-0.39, 0.29) is 17.9 Å². The lowest BCUT2D eigenvalue weighted by Gasteiger charge is -2.36. The van der Waals surface area contributed by atoms with Crippen LogP contribution in [0.4, 0.5) is 4.39 Å². The first-order chi connectivity index (χ1) is 10.5. The monoisotopic (exact) mass is 307 g/mol. The Morgan fingerprint density at radius 3 is 2.41 bits per heavy atom. The third-order valence-corrected chi connectivity index (χ3v) is 4.80. The third-order valence-electron chi connectivity index (χ3n) is 4.80. The fourth-order valence-electron chi connectivity index (χ4n) is 3.48. The Hall–Kier alpha value is -1.62. The van der Waals surface area contributed by atoms with Crippen LogP contribution in [-0.4, -0.2) is 42.2 Å². The van der Waals surface area contributed by atoms with Gasteiger partial charge in [0.2, 0.25) is 0 Å². The second-order valence-electron chi connectivity index (χ2n) is 6.29. The molecule has 120 valence electrons. The minimum absolute atomic E-state index is 0.0135. The van der Waals surface area contributed by atoms with Crippen LogP contribution in [0.1, 0.15) is 32.6 Å². The SMILES string of the molecule is C[C@H](Oc1ccc(F)cc1)C(=O)OC1C[C@H]2CC[C@@H](C1)N2C. The van der Waals surface area contributed by atoms with E-state index in [1.165, 1.54) is 37.1 Å². The molecule has 1 aromatic rings. The number of benzene rings is 1. The van der Waals surface area contributed by atoms with Gasteiger partial charge in [0.25, 0.3) is 0 Å². The second kappa shape index (κ2) is 6.24. The lowest BCUT2D eigenvalue weighted by atomic mass is 10.0. The number of halogens is 1. The molecule has 2 aliphatic rings. The van der Waals surface area contributed by atoms with Crippen LogP contribution in [0, 0.1) is 5.82 Å². The first kappa shape index (κ1) is 15.3. The number of hydrogen-bond acceptors (Lipinski definition) is 4. The van der Waals surface area contributed by atoms with Gasteiger partial charge in [0.05, 0.1) is 0 Å². The smallest absolute Gasteiger partial charge is 0.347 e. The number of esters is 1. The van der Waals surface area contributed by atoms with Gasteiger partial charge in [-0.15, -0.1) is 0 Å². The van der Waals surface area contributed by atoms with Crippen LogP contribution in [0.15, 0.2) is 24.3 Å². The van der Waals surface area contributed by atoms with E-state index in [9.17, 15) is 9.18 Å². The number of piperidine rings is 1. The summed E-state index contributed by atoms with van der Waals surface area (Å²) in [6.07, 6.45) is 3.49. The van der Waals surface area contributed by atoms with Gasteiger partial charge in [-0.25, -0.2) is 9.18 Å². The van der Waals surface area contributed by atoms with Crippen molar-refractivity contribution in [3.8, 4) is 5.75 Å². The molecule has 0 radical (unpaired) electrons. The molecule has 1 unspecified atom stereocenters. The summed E-state index contributed by atoms with van der Waals surface area (Å²) in [5, 5.41) is 0. The van der Waals surface area contributed by atoms with Gasteiger partial charge in [-0.05, 0) is 63.9 Å². The molecule has 5 heteroatoms. The van der Waals surface area contributed by atoms with Crippen molar-refractivity contribution < 1.29 is 18.7 Å². The van der Waals surface area contributed by atoms with Gasteiger partial charge >= 0.3 is 5.97 Å². The average Bonchev–Trinajstić information content (AvgIpc) is 2.72. The predicted octanol–water partition coefficient (Wildman–Crippen LogP) is 2.76. The van der Waals surface area contributed by atoms with Crippen LogP contribution in [0.3, 0.4) is 0 Å². The number of ether oxygens (including phenoxy) is 2. The van der Waals surface area contributed by atoms with Crippen molar-refractivity contribution in [2.75, 3.05) is 7.05 Å². The van der Waals surface area contributed by atoms with Gasteiger partial charge in [0, 0.05) is 12.1 Å². The maximum Gasteiger partial charge on any atom is 0.347 e. The Bertz CT molecular complexity index is 519. The highest BCUT2D eigenvalue weighted by atomic mass is 19.1. The van der Waals surface area contributed by atoms with Crippen LogP contribution in [0.5, 0.6) is 5.75 Å². The number of carbonyl (C=O) groups is 1. The van der Waals surface area contributed by atoms with Crippen LogP contribution >= 0.6 is 0 Å². The van der Waals surface area contributed by atoms with Crippen molar-refractivity contribution >= 4 is 5.97 Å². The highest BCUT2D eigenvalue weighted by Crippen LogP contribution is 2.35. The van der Waals surface area contributed by atoms with Crippen LogP contribution < -0.4 is 4.74 Å². The Labute approximate surface area is 130 Å². The maximum atomic E-state index is 12.9. The molecule has 1 aromatic carbocycles. The van der Waals surface area contributed by atoms with Crippen molar-refractivity contribution in [1.82, 2.24) is 4.90 Å². The molecule has 0 saturated carbocycles. The van der Waals surface area contributed by atoms with Crippen molar-refractivity contribution in [3.63, 3.8) is 0 Å². The van der Waals surface area contributed by atoms with Crippen LogP contribution in [-0.2, 0) is 9.53 Å². The highest BCUT2D eigenvalue weighted by molar-refractivity contribution is 5.74. The van der Waals surface area contributed by atoms with E-state index in [1.54, 1.807) is 6.92 Å². The molecule has 2 saturated heterocycles. The maximum absolute atomic E-state index is 12.9. The fraction of sp³-hybridized carbons (Fsp3) is 0.588. The minimum atomic E-state index is -0.692. The highest BCUT2D eigenvalue weighted by Gasteiger charge is 2.40. The summed E-state index contributed by atoms with van der Waals surface area (Å²) >= 11 is 0. The summed E-state index contributed by atoms with van der Waals surface area (Å²) in [6.45, 7) is 1.66. The van der Waals surface area contributed by atoms with Gasteiger partial charge in [-0.3, -0.25) is 0 Å². The Kier molecular flexibility index (Phi) is 4.34. The van der Waals surface area contributed by atoms with Crippen molar-refractivity contribution in [3.05, 3.63) is 30.1 Å². The lowest BCUT2D eigenvalue weighted by molar-refractivity contribution is -0.159. The summed E-state index contributed by atoms with van der Waals surface area (Å²) in [5.74, 6) is -0.211. The van der Waals surface area contributed by atoms with E-state index in [4.69, 9.17) is 9.47 Å². The van der Waals surface area contributed by atoms with Gasteiger partial charge in [-0.2, -0.15) is 0 Å². The summed E-state index contributed by atoms with van der Waals surface area (Å²) in [6, 6.07) is 6.70. The molecule has 0 N–H and O–H groups in total. The molecule has 0 aromatic heterocycles. The standard InChI is InChI=1S/C17H22FNO3/c1-11(21-15-7-3-12(18)4-8-15)17(20)22-16-9-13-5-6-14(10-16)19(13)2/h3-4,7-8,11,13-14,16H,5-6,9-10H2,1-2H3/t11-,13-,14+,16?/m0/s1. The molecule has 2 aliphatic heterocycles. The zero-order valence-electron chi connectivity index (χ0n) is 13.0. The Balaban J connectivity index is 1.52. The van der Waals surface area contributed by atoms with Gasteiger partial charge in [0.15, 0.2) is 6.10 Å². The number of hydrogen-bond donors (Lipinski definition) is 0. The summed E-state index contributed by atoms with van der Waals surface area (Å²) in [4.78, 5) is 14.6. The molecule has 0 spiro atoms. The largest absolute Gasteiger partial charge is 0.479 e. The van der Waals surface area contributed by atoms with Crippen LogP contribution in [0.25, 0.3) is 0 Å². The molecule has 22 heavy (non-hydrogen) atoms. The topological polar surface area (TPSA) is 38.8 Å². The first-order valence-corrected chi connectivity index (χ1v) is 7.87. The normalized spacial score (nSPS) is 29.1. The number of carbonyl (C=O) groups excluding carboxylic acids is 1. The molecular formula is C17H22FNO3. The van der Waals surface area contributed by atoms with Crippen molar-refractivity contribution in [1.29, 1.82) is 0 Å².